The first-order valence-corrected chi connectivity index (χ1v) is 10.0. The van der Waals surface area contributed by atoms with E-state index in [1.165, 1.54) is 6.21 Å². The van der Waals surface area contributed by atoms with Crippen LogP contribution in [0.5, 0.6) is 0 Å². The van der Waals surface area contributed by atoms with Crippen LogP contribution in [0, 0.1) is 17.2 Å². The molecule has 156 valence electrons. The molecule has 1 saturated carbocycles. The number of carbonyl (C=O) groups excluding carboxylic acids is 2. The van der Waals surface area contributed by atoms with Gasteiger partial charge in [-0.1, -0.05) is 6.07 Å². The zero-order valence-corrected chi connectivity index (χ0v) is 17.0. The van der Waals surface area contributed by atoms with Crippen molar-refractivity contribution in [2.75, 3.05) is 31.6 Å². The smallest absolute Gasteiger partial charge is 0.410 e. The van der Waals surface area contributed by atoms with Crippen LogP contribution in [0.25, 0.3) is 0 Å². The van der Waals surface area contributed by atoms with Gasteiger partial charge in [0.25, 0.3) is 5.91 Å². The van der Waals surface area contributed by atoms with Gasteiger partial charge in [-0.3, -0.25) is 4.79 Å². The highest BCUT2D eigenvalue weighted by Gasteiger charge is 2.58. The fraction of sp³-hybridized carbons (Fsp3) is 0.571. The lowest BCUT2D eigenvalue weighted by molar-refractivity contribution is 0.0211. The molecule has 2 unspecified atom stereocenters. The second-order valence-corrected chi connectivity index (χ2v) is 9.04. The Bertz CT molecular complexity index is 818. The Morgan fingerprint density at radius 2 is 1.93 bits per heavy atom. The Kier molecular flexibility index (Phi) is 4.98. The maximum Gasteiger partial charge on any atom is 0.410 e. The van der Waals surface area contributed by atoms with Crippen molar-refractivity contribution in [3.05, 3.63) is 29.3 Å². The van der Waals surface area contributed by atoms with E-state index in [1.807, 2.05) is 20.8 Å². The van der Waals surface area contributed by atoms with Gasteiger partial charge in [0, 0.05) is 54.0 Å². The Labute approximate surface area is 170 Å². The van der Waals surface area contributed by atoms with Gasteiger partial charge < -0.3 is 30.4 Å². The average Bonchev–Trinajstić information content (AvgIpc) is 3.05. The molecule has 2 saturated heterocycles. The van der Waals surface area contributed by atoms with Gasteiger partial charge in [-0.15, -0.1) is 0 Å². The number of piperidine rings is 1. The number of carbonyl (C=O) groups is 2. The van der Waals surface area contributed by atoms with E-state index in [0.29, 0.717) is 31.9 Å². The number of hydrogen-bond donors (Lipinski definition) is 3. The van der Waals surface area contributed by atoms with Crippen LogP contribution in [0.15, 0.2) is 18.2 Å². The van der Waals surface area contributed by atoms with Crippen LogP contribution < -0.4 is 10.6 Å². The maximum atomic E-state index is 12.7. The highest BCUT2D eigenvalue weighted by atomic mass is 16.6. The minimum absolute atomic E-state index is 0.0973. The van der Waals surface area contributed by atoms with E-state index >= 15 is 0 Å². The summed E-state index contributed by atoms with van der Waals surface area (Å²) >= 11 is 0. The molecule has 4 rings (SSSR count). The Morgan fingerprint density at radius 1 is 1.24 bits per heavy atom. The van der Waals surface area contributed by atoms with Gasteiger partial charge >= 0.3 is 6.09 Å². The number of hydrogen-bond acceptors (Lipinski definition) is 6. The number of fused-ring (bicyclic) bond motifs is 1. The predicted octanol–water partition coefficient (Wildman–Crippen LogP) is 2.09. The van der Waals surface area contributed by atoms with Gasteiger partial charge in [-0.2, -0.15) is 0 Å². The second kappa shape index (κ2) is 7.33. The van der Waals surface area contributed by atoms with E-state index in [9.17, 15) is 9.59 Å². The average molecular weight is 400 g/mol. The Hall–Kier alpha value is -2.61. The summed E-state index contributed by atoms with van der Waals surface area (Å²) in [4.78, 5) is 26.6. The summed E-state index contributed by atoms with van der Waals surface area (Å²) in [7, 11) is 0. The summed E-state index contributed by atoms with van der Waals surface area (Å²) in [5.41, 5.74) is 1.57. The van der Waals surface area contributed by atoms with Gasteiger partial charge in [0.2, 0.25) is 0 Å². The minimum atomic E-state index is -0.503. The van der Waals surface area contributed by atoms with Crippen LogP contribution in [-0.4, -0.2) is 67.1 Å². The quantitative estimate of drug-likeness (QED) is 0.657. The molecule has 3 fully saturated rings. The SMILES string of the molecule is CC(C)(C)OC(=O)N1CC2C(C1)C2NC(=O)c1ccc(C=N)c(NC2COC2)c1. The molecule has 1 aliphatic carbocycles. The second-order valence-electron chi connectivity index (χ2n) is 9.04. The molecular formula is C21H28N4O4. The Morgan fingerprint density at radius 3 is 2.48 bits per heavy atom. The molecule has 29 heavy (non-hydrogen) atoms. The van der Waals surface area contributed by atoms with Crippen molar-refractivity contribution in [3.8, 4) is 0 Å². The normalized spacial score (nSPS) is 25.6. The lowest BCUT2D eigenvalue weighted by Crippen LogP contribution is -2.41. The molecule has 2 amide bonds. The zero-order chi connectivity index (χ0) is 20.8. The maximum absolute atomic E-state index is 12.7. The van der Waals surface area contributed by atoms with Crippen LogP contribution in [0.2, 0.25) is 0 Å². The van der Waals surface area contributed by atoms with Crippen molar-refractivity contribution >= 4 is 23.9 Å². The molecule has 2 atom stereocenters. The molecule has 8 heteroatoms. The number of benzene rings is 1. The van der Waals surface area contributed by atoms with Crippen LogP contribution in [0.4, 0.5) is 10.5 Å². The highest BCUT2D eigenvalue weighted by Crippen LogP contribution is 2.46. The standard InChI is InChI=1S/C21H28N4O4/c1-21(2,3)29-20(27)25-8-15-16(9-25)18(15)24-19(26)12-4-5-13(7-22)17(6-12)23-14-10-28-11-14/h4-7,14-16,18,22-23H,8-11H2,1-3H3,(H,24,26). The molecule has 0 bridgehead atoms. The first kappa shape index (κ1) is 19.7. The third-order valence-corrected chi connectivity index (χ3v) is 5.61. The van der Waals surface area contributed by atoms with E-state index in [-0.39, 0.29) is 35.9 Å². The van der Waals surface area contributed by atoms with Gasteiger partial charge in [0.15, 0.2) is 0 Å². The summed E-state index contributed by atoms with van der Waals surface area (Å²) in [5, 5.41) is 14.0. The number of likely N-dealkylation sites (tertiary alicyclic amines) is 1. The van der Waals surface area contributed by atoms with Crippen molar-refractivity contribution in [1.29, 1.82) is 5.41 Å². The number of nitrogens with one attached hydrogen (secondary N) is 3. The van der Waals surface area contributed by atoms with Gasteiger partial charge in [-0.05, 0) is 32.9 Å². The Balaban J connectivity index is 1.33. The lowest BCUT2D eigenvalue weighted by Gasteiger charge is -2.28. The van der Waals surface area contributed by atoms with E-state index in [1.54, 1.807) is 23.1 Å². The molecular weight excluding hydrogens is 372 g/mol. The largest absolute Gasteiger partial charge is 0.444 e. The topological polar surface area (TPSA) is 104 Å². The number of rotatable bonds is 5. The summed E-state index contributed by atoms with van der Waals surface area (Å²) in [6.07, 6.45) is 0.993. The van der Waals surface area contributed by atoms with Crippen LogP contribution in [0.3, 0.4) is 0 Å². The third kappa shape index (κ3) is 4.22. The van der Waals surface area contributed by atoms with Gasteiger partial charge in [0.1, 0.15) is 5.60 Å². The van der Waals surface area contributed by atoms with Crippen LogP contribution in [0.1, 0.15) is 36.7 Å². The molecule has 0 aromatic heterocycles. The third-order valence-electron chi connectivity index (χ3n) is 5.61. The molecule has 0 radical (unpaired) electrons. The van der Waals surface area contributed by atoms with Crippen LogP contribution in [-0.2, 0) is 9.47 Å². The van der Waals surface area contributed by atoms with Crippen molar-refractivity contribution in [3.63, 3.8) is 0 Å². The molecule has 0 spiro atoms. The zero-order valence-electron chi connectivity index (χ0n) is 17.0. The summed E-state index contributed by atoms with van der Waals surface area (Å²) in [6, 6.07) is 5.62. The van der Waals surface area contributed by atoms with Crippen molar-refractivity contribution in [2.45, 2.75) is 38.5 Å². The summed E-state index contributed by atoms with van der Waals surface area (Å²) < 4.78 is 10.6. The molecule has 3 aliphatic rings. The molecule has 2 heterocycles. The van der Waals surface area contributed by atoms with Crippen LogP contribution >= 0.6 is 0 Å². The minimum Gasteiger partial charge on any atom is -0.444 e. The first-order chi connectivity index (χ1) is 13.7. The lowest BCUT2D eigenvalue weighted by atomic mass is 10.1. The van der Waals surface area contributed by atoms with Crippen molar-refractivity contribution < 1.29 is 19.1 Å². The molecule has 2 aliphatic heterocycles. The number of amides is 2. The van der Waals surface area contributed by atoms with E-state index in [4.69, 9.17) is 14.9 Å². The molecule has 1 aromatic rings. The number of anilines is 1. The summed E-state index contributed by atoms with van der Waals surface area (Å²) in [6.45, 7) is 8.07. The molecule has 3 N–H and O–H groups in total. The van der Waals surface area contributed by atoms with Gasteiger partial charge in [-0.25, -0.2) is 4.79 Å². The van der Waals surface area contributed by atoms with E-state index < -0.39 is 5.60 Å². The fourth-order valence-corrected chi connectivity index (χ4v) is 3.94. The first-order valence-electron chi connectivity index (χ1n) is 10.0. The van der Waals surface area contributed by atoms with E-state index in [2.05, 4.69) is 10.6 Å². The highest BCUT2D eigenvalue weighted by molar-refractivity contribution is 5.98. The summed E-state index contributed by atoms with van der Waals surface area (Å²) in [5.74, 6) is 0.451. The molecule has 1 aromatic carbocycles. The predicted molar refractivity (Wildman–Crippen MR) is 109 cm³/mol. The van der Waals surface area contributed by atoms with E-state index in [0.717, 1.165) is 11.3 Å². The monoisotopic (exact) mass is 400 g/mol. The molecule has 8 nitrogen and oxygen atoms in total. The van der Waals surface area contributed by atoms with Crippen molar-refractivity contribution in [1.82, 2.24) is 10.2 Å². The number of ether oxygens (including phenoxy) is 2. The van der Waals surface area contributed by atoms with Gasteiger partial charge in [0.05, 0.1) is 19.3 Å². The van der Waals surface area contributed by atoms with Crippen molar-refractivity contribution in [2.24, 2.45) is 11.8 Å². The fourth-order valence-electron chi connectivity index (χ4n) is 3.94. The number of nitrogens with zero attached hydrogens (tertiary/aromatic N) is 1.